The van der Waals surface area contributed by atoms with Crippen molar-refractivity contribution in [1.29, 1.82) is 0 Å². The molecule has 1 aromatic carbocycles. The normalized spacial score (nSPS) is 21.1. The fraction of sp³-hybridized carbons (Fsp3) is 0.250. The zero-order valence-corrected chi connectivity index (χ0v) is 12.8. The Morgan fingerprint density at radius 1 is 1.27 bits per heavy atom. The molecule has 0 amide bonds. The second-order valence-corrected chi connectivity index (χ2v) is 5.85. The van der Waals surface area contributed by atoms with Crippen LogP contribution in [0.2, 0.25) is 5.02 Å². The molecular weight excluding hydrogens is 305 g/mol. The standard InChI is InChI=1S/C16H15ClFN3O/c1-16(4-5-22-15(19)21-16)13-7-10(2-3-14(13)18)11-6-12(17)9-20-8-11/h2-3,6-9H,4-5H2,1H3,(H2,19,21)/t16-/m0/s1. The molecule has 0 bridgehead atoms. The minimum atomic E-state index is -0.742. The average Bonchev–Trinajstić information content (AvgIpc) is 2.47. The van der Waals surface area contributed by atoms with Gasteiger partial charge in [0.2, 0.25) is 0 Å². The number of rotatable bonds is 2. The Bertz CT molecular complexity index is 750. The summed E-state index contributed by atoms with van der Waals surface area (Å²) < 4.78 is 19.5. The van der Waals surface area contributed by atoms with Gasteiger partial charge in [-0.25, -0.2) is 9.38 Å². The lowest BCUT2D eigenvalue weighted by atomic mass is 9.87. The summed E-state index contributed by atoms with van der Waals surface area (Å²) in [7, 11) is 0. The molecule has 1 aliphatic rings. The summed E-state index contributed by atoms with van der Waals surface area (Å²) in [5.74, 6) is -0.320. The van der Waals surface area contributed by atoms with Crippen molar-refractivity contribution in [2.24, 2.45) is 10.7 Å². The number of hydrogen-bond acceptors (Lipinski definition) is 4. The quantitative estimate of drug-likeness (QED) is 0.921. The van der Waals surface area contributed by atoms with Gasteiger partial charge in [-0.1, -0.05) is 17.7 Å². The number of amidine groups is 1. The first-order valence-corrected chi connectivity index (χ1v) is 7.25. The van der Waals surface area contributed by atoms with Crippen molar-refractivity contribution in [2.75, 3.05) is 6.61 Å². The number of nitrogens with zero attached hydrogens (tertiary/aromatic N) is 2. The molecule has 2 heterocycles. The second kappa shape index (κ2) is 5.57. The zero-order valence-electron chi connectivity index (χ0n) is 12.0. The molecule has 0 unspecified atom stereocenters. The Kier molecular flexibility index (Phi) is 3.74. The molecule has 0 fully saturated rings. The van der Waals surface area contributed by atoms with E-state index in [4.69, 9.17) is 22.1 Å². The first kappa shape index (κ1) is 14.8. The predicted octanol–water partition coefficient (Wildman–Crippen LogP) is 3.49. The van der Waals surface area contributed by atoms with Crippen molar-refractivity contribution in [1.82, 2.24) is 4.98 Å². The van der Waals surface area contributed by atoms with E-state index in [9.17, 15) is 4.39 Å². The molecule has 22 heavy (non-hydrogen) atoms. The van der Waals surface area contributed by atoms with E-state index in [0.29, 0.717) is 23.6 Å². The first-order valence-electron chi connectivity index (χ1n) is 6.87. The highest BCUT2D eigenvalue weighted by Gasteiger charge is 2.32. The molecule has 6 heteroatoms. The van der Waals surface area contributed by atoms with Crippen LogP contribution in [0.5, 0.6) is 0 Å². The maximum absolute atomic E-state index is 14.3. The van der Waals surface area contributed by atoms with Crippen LogP contribution in [-0.2, 0) is 10.3 Å². The minimum absolute atomic E-state index is 0.0861. The Morgan fingerprint density at radius 2 is 2.09 bits per heavy atom. The lowest BCUT2D eigenvalue weighted by Crippen LogP contribution is -2.34. The molecule has 0 radical (unpaired) electrons. The largest absolute Gasteiger partial charge is 0.465 e. The number of benzene rings is 1. The molecule has 114 valence electrons. The van der Waals surface area contributed by atoms with E-state index < -0.39 is 5.54 Å². The monoisotopic (exact) mass is 319 g/mol. The first-order chi connectivity index (χ1) is 10.5. The van der Waals surface area contributed by atoms with Crippen molar-refractivity contribution in [3.63, 3.8) is 0 Å². The smallest absolute Gasteiger partial charge is 0.282 e. The number of nitrogens with two attached hydrogens (primary N) is 1. The van der Waals surface area contributed by atoms with Gasteiger partial charge in [0.25, 0.3) is 6.02 Å². The molecule has 1 atom stereocenters. The fourth-order valence-corrected chi connectivity index (χ4v) is 2.74. The summed E-state index contributed by atoms with van der Waals surface area (Å²) >= 11 is 5.97. The molecule has 2 N–H and O–H groups in total. The molecule has 2 aromatic rings. The van der Waals surface area contributed by atoms with Crippen molar-refractivity contribution < 1.29 is 9.13 Å². The van der Waals surface area contributed by atoms with E-state index in [2.05, 4.69) is 9.98 Å². The summed E-state index contributed by atoms with van der Waals surface area (Å²) in [6, 6.07) is 6.77. The van der Waals surface area contributed by atoms with Crippen LogP contribution >= 0.6 is 11.6 Å². The van der Waals surface area contributed by atoms with Crippen LogP contribution in [0.15, 0.2) is 41.7 Å². The summed E-state index contributed by atoms with van der Waals surface area (Å²) in [5.41, 5.74) is 7.03. The fourth-order valence-electron chi connectivity index (χ4n) is 2.57. The molecule has 0 saturated carbocycles. The van der Waals surface area contributed by atoms with Gasteiger partial charge in [0.15, 0.2) is 0 Å². The molecule has 1 aromatic heterocycles. The molecule has 1 aliphatic heterocycles. The SMILES string of the molecule is C[C@@]1(c2cc(-c3cncc(Cl)c3)ccc2F)CCOC(N)=N1. The van der Waals surface area contributed by atoms with Crippen molar-refractivity contribution >= 4 is 17.6 Å². The van der Waals surface area contributed by atoms with E-state index in [1.165, 1.54) is 6.07 Å². The van der Waals surface area contributed by atoms with Crippen LogP contribution in [0, 0.1) is 5.82 Å². The van der Waals surface area contributed by atoms with Gasteiger partial charge in [-0.2, -0.15) is 0 Å². The molecule has 3 rings (SSSR count). The summed E-state index contributed by atoms with van der Waals surface area (Å²) in [6.07, 6.45) is 3.80. The third kappa shape index (κ3) is 2.76. The number of aromatic nitrogens is 1. The summed E-state index contributed by atoms with van der Waals surface area (Å²) in [4.78, 5) is 8.35. The summed E-state index contributed by atoms with van der Waals surface area (Å²) in [5, 5.41) is 0.530. The van der Waals surface area contributed by atoms with Crippen LogP contribution in [0.3, 0.4) is 0 Å². The van der Waals surface area contributed by atoms with Gasteiger partial charge in [0.05, 0.1) is 17.2 Å². The lowest BCUT2D eigenvalue weighted by molar-refractivity contribution is 0.215. The van der Waals surface area contributed by atoms with Gasteiger partial charge in [-0.15, -0.1) is 0 Å². The molecule has 0 spiro atoms. The van der Waals surface area contributed by atoms with Crippen molar-refractivity contribution in [2.45, 2.75) is 18.9 Å². The maximum Gasteiger partial charge on any atom is 0.282 e. The second-order valence-electron chi connectivity index (χ2n) is 5.41. The van der Waals surface area contributed by atoms with Gasteiger partial charge in [0.1, 0.15) is 5.82 Å². The average molecular weight is 320 g/mol. The number of aliphatic imine (C=N–C) groups is 1. The number of hydrogen-bond donors (Lipinski definition) is 1. The van der Waals surface area contributed by atoms with E-state index in [-0.39, 0.29) is 11.8 Å². The molecule has 0 saturated heterocycles. The summed E-state index contributed by atoms with van der Waals surface area (Å²) in [6.45, 7) is 2.26. The van der Waals surface area contributed by atoms with Gasteiger partial charge in [-0.3, -0.25) is 4.98 Å². The maximum atomic E-state index is 14.3. The van der Waals surface area contributed by atoms with Crippen LogP contribution in [0.1, 0.15) is 18.9 Å². The van der Waals surface area contributed by atoms with Crippen LogP contribution < -0.4 is 5.73 Å². The highest BCUT2D eigenvalue weighted by molar-refractivity contribution is 6.30. The van der Waals surface area contributed by atoms with Crippen molar-refractivity contribution in [3.05, 3.63) is 53.1 Å². The third-order valence-electron chi connectivity index (χ3n) is 3.78. The molecule has 0 aliphatic carbocycles. The van der Waals surface area contributed by atoms with Gasteiger partial charge in [-0.05, 0) is 30.7 Å². The van der Waals surface area contributed by atoms with Gasteiger partial charge in [0, 0.05) is 29.9 Å². The Balaban J connectivity index is 2.09. The third-order valence-corrected chi connectivity index (χ3v) is 3.99. The minimum Gasteiger partial charge on any atom is -0.465 e. The van der Waals surface area contributed by atoms with Crippen LogP contribution in [0.25, 0.3) is 11.1 Å². The Labute approximate surface area is 132 Å². The molecular formula is C16H15ClFN3O. The van der Waals surface area contributed by atoms with Gasteiger partial charge < -0.3 is 10.5 Å². The van der Waals surface area contributed by atoms with E-state index in [1.807, 2.05) is 6.92 Å². The Morgan fingerprint density at radius 3 is 2.82 bits per heavy atom. The topological polar surface area (TPSA) is 60.5 Å². The predicted molar refractivity (Wildman–Crippen MR) is 84.2 cm³/mol. The molecule has 4 nitrogen and oxygen atoms in total. The number of pyridine rings is 1. The lowest BCUT2D eigenvalue weighted by Gasteiger charge is -2.30. The van der Waals surface area contributed by atoms with E-state index in [0.717, 1.165) is 11.1 Å². The number of halogens is 2. The highest BCUT2D eigenvalue weighted by Crippen LogP contribution is 2.36. The highest BCUT2D eigenvalue weighted by atomic mass is 35.5. The zero-order chi connectivity index (χ0) is 15.7. The number of ether oxygens (including phenoxy) is 1. The Hall–Kier alpha value is -2.14. The van der Waals surface area contributed by atoms with Crippen molar-refractivity contribution in [3.8, 4) is 11.1 Å². The van der Waals surface area contributed by atoms with E-state index >= 15 is 0 Å². The van der Waals surface area contributed by atoms with Gasteiger partial charge >= 0.3 is 0 Å². The van der Waals surface area contributed by atoms with Crippen LogP contribution in [-0.4, -0.2) is 17.6 Å². The van der Waals surface area contributed by atoms with Crippen LogP contribution in [0.4, 0.5) is 4.39 Å². The van der Waals surface area contributed by atoms with E-state index in [1.54, 1.807) is 30.6 Å².